The first kappa shape index (κ1) is 19.2. The predicted molar refractivity (Wildman–Crippen MR) is 104 cm³/mol. The summed E-state index contributed by atoms with van der Waals surface area (Å²) in [6.45, 7) is 2.71. The van der Waals surface area contributed by atoms with Gasteiger partial charge in [0.05, 0.1) is 0 Å². The third-order valence-electron chi connectivity index (χ3n) is 5.72. The Hall–Kier alpha value is -1.55. The molecule has 2 amide bonds. The molecule has 1 aromatic rings. The molecule has 0 atom stereocenters. The van der Waals surface area contributed by atoms with Gasteiger partial charge in [-0.25, -0.2) is 0 Å². The highest BCUT2D eigenvalue weighted by atomic mass is 35.5. The van der Waals surface area contributed by atoms with Crippen LogP contribution in [0.4, 0.5) is 0 Å². The summed E-state index contributed by atoms with van der Waals surface area (Å²) in [6, 6.07) is 7.02. The fourth-order valence-corrected chi connectivity index (χ4v) is 4.23. The summed E-state index contributed by atoms with van der Waals surface area (Å²) in [4.78, 5) is 29.1. The van der Waals surface area contributed by atoms with Gasteiger partial charge < -0.3 is 9.80 Å². The van der Waals surface area contributed by atoms with Gasteiger partial charge in [-0.2, -0.15) is 0 Å². The lowest BCUT2D eigenvalue weighted by atomic mass is 9.86. The van der Waals surface area contributed by atoms with Crippen LogP contribution in [-0.2, 0) is 4.79 Å². The van der Waals surface area contributed by atoms with Crippen LogP contribution in [0.5, 0.6) is 0 Å². The maximum atomic E-state index is 12.7. The first-order valence-electron chi connectivity index (χ1n) is 9.96. The number of amides is 2. The summed E-state index contributed by atoms with van der Waals surface area (Å²) in [5.41, 5.74) is 0.659. The van der Waals surface area contributed by atoms with Crippen molar-refractivity contribution >= 4 is 23.4 Å². The number of benzene rings is 1. The number of hydrogen-bond acceptors (Lipinski definition) is 2. The Morgan fingerprint density at radius 3 is 2.27 bits per heavy atom. The summed E-state index contributed by atoms with van der Waals surface area (Å²) < 4.78 is 0. The van der Waals surface area contributed by atoms with Crippen molar-refractivity contribution in [3.8, 4) is 0 Å². The Morgan fingerprint density at radius 1 is 0.885 bits per heavy atom. The van der Waals surface area contributed by atoms with Gasteiger partial charge in [-0.05, 0) is 43.0 Å². The second-order valence-electron chi connectivity index (χ2n) is 7.58. The lowest BCUT2D eigenvalue weighted by molar-refractivity contribution is -0.131. The zero-order chi connectivity index (χ0) is 18.4. The first-order chi connectivity index (χ1) is 12.6. The molecule has 0 unspecified atom stereocenters. The average molecular weight is 377 g/mol. The summed E-state index contributed by atoms with van der Waals surface area (Å²) in [5, 5.41) is 0.632. The van der Waals surface area contributed by atoms with Crippen molar-refractivity contribution in [2.75, 3.05) is 26.2 Å². The molecule has 0 N–H and O–H groups in total. The summed E-state index contributed by atoms with van der Waals surface area (Å²) in [5.74, 6) is 1.03. The van der Waals surface area contributed by atoms with E-state index < -0.39 is 0 Å². The van der Waals surface area contributed by atoms with E-state index >= 15 is 0 Å². The SMILES string of the molecule is O=C(CCC1CCCCC1)N1CCCN(C(=O)c2ccc(Cl)cc2)CC1. The smallest absolute Gasteiger partial charge is 0.253 e. The van der Waals surface area contributed by atoms with Crippen molar-refractivity contribution in [3.63, 3.8) is 0 Å². The number of rotatable bonds is 4. The van der Waals surface area contributed by atoms with E-state index in [1.165, 1.54) is 32.1 Å². The Balaban J connectivity index is 1.48. The van der Waals surface area contributed by atoms with E-state index in [-0.39, 0.29) is 11.8 Å². The molecular weight excluding hydrogens is 348 g/mol. The number of halogens is 1. The molecule has 5 heteroatoms. The van der Waals surface area contributed by atoms with Crippen LogP contribution in [0.1, 0.15) is 61.7 Å². The highest BCUT2D eigenvalue weighted by Crippen LogP contribution is 2.27. The van der Waals surface area contributed by atoms with Gasteiger partial charge >= 0.3 is 0 Å². The molecule has 0 aromatic heterocycles. The van der Waals surface area contributed by atoms with E-state index in [1.54, 1.807) is 24.3 Å². The van der Waals surface area contributed by atoms with Crippen LogP contribution in [0.2, 0.25) is 5.02 Å². The Kier molecular flexibility index (Phi) is 6.95. The zero-order valence-corrected chi connectivity index (χ0v) is 16.2. The van der Waals surface area contributed by atoms with Crippen molar-refractivity contribution in [1.29, 1.82) is 0 Å². The Labute approximate surface area is 161 Å². The van der Waals surface area contributed by atoms with E-state index in [0.29, 0.717) is 36.6 Å². The van der Waals surface area contributed by atoms with Gasteiger partial charge in [-0.1, -0.05) is 43.7 Å². The van der Waals surface area contributed by atoms with Crippen LogP contribution in [0.15, 0.2) is 24.3 Å². The Morgan fingerprint density at radius 2 is 1.54 bits per heavy atom. The Bertz CT molecular complexity index is 611. The van der Waals surface area contributed by atoms with Crippen molar-refractivity contribution in [1.82, 2.24) is 9.80 Å². The van der Waals surface area contributed by atoms with Gasteiger partial charge in [0.2, 0.25) is 5.91 Å². The van der Waals surface area contributed by atoms with E-state index in [9.17, 15) is 9.59 Å². The maximum absolute atomic E-state index is 12.7. The monoisotopic (exact) mass is 376 g/mol. The van der Waals surface area contributed by atoms with Gasteiger partial charge in [0.15, 0.2) is 0 Å². The molecule has 0 spiro atoms. The van der Waals surface area contributed by atoms with Gasteiger partial charge in [0.25, 0.3) is 5.91 Å². The van der Waals surface area contributed by atoms with Crippen molar-refractivity contribution in [2.45, 2.75) is 51.4 Å². The molecule has 1 saturated heterocycles. The van der Waals surface area contributed by atoms with Gasteiger partial charge in [0, 0.05) is 43.2 Å². The molecule has 1 aromatic carbocycles. The summed E-state index contributed by atoms with van der Waals surface area (Å²) >= 11 is 5.90. The molecule has 4 nitrogen and oxygen atoms in total. The highest BCUT2D eigenvalue weighted by Gasteiger charge is 2.23. The maximum Gasteiger partial charge on any atom is 0.253 e. The zero-order valence-electron chi connectivity index (χ0n) is 15.5. The predicted octanol–water partition coefficient (Wildman–Crippen LogP) is 4.38. The molecule has 3 rings (SSSR count). The molecule has 1 saturated carbocycles. The first-order valence-corrected chi connectivity index (χ1v) is 10.3. The van der Waals surface area contributed by atoms with E-state index in [2.05, 4.69) is 0 Å². The van der Waals surface area contributed by atoms with E-state index in [1.807, 2.05) is 9.80 Å². The second-order valence-corrected chi connectivity index (χ2v) is 8.01. The van der Waals surface area contributed by atoms with Crippen molar-refractivity contribution in [2.24, 2.45) is 5.92 Å². The lowest BCUT2D eigenvalue weighted by Gasteiger charge is -2.24. The number of hydrogen-bond donors (Lipinski definition) is 0. The molecule has 26 heavy (non-hydrogen) atoms. The van der Waals surface area contributed by atoms with Crippen molar-refractivity contribution < 1.29 is 9.59 Å². The van der Waals surface area contributed by atoms with E-state index in [4.69, 9.17) is 11.6 Å². The second kappa shape index (κ2) is 9.40. The number of nitrogens with zero attached hydrogens (tertiary/aromatic N) is 2. The lowest BCUT2D eigenvalue weighted by Crippen LogP contribution is -2.37. The molecule has 0 bridgehead atoms. The molecule has 1 heterocycles. The molecule has 2 aliphatic rings. The van der Waals surface area contributed by atoms with E-state index in [0.717, 1.165) is 25.3 Å². The van der Waals surface area contributed by atoms with Gasteiger partial charge in [-0.3, -0.25) is 9.59 Å². The van der Waals surface area contributed by atoms with Crippen LogP contribution < -0.4 is 0 Å². The van der Waals surface area contributed by atoms with Crippen LogP contribution >= 0.6 is 11.6 Å². The molecule has 1 aliphatic heterocycles. The fraction of sp³-hybridized carbons (Fsp3) is 0.619. The van der Waals surface area contributed by atoms with Crippen LogP contribution in [0.3, 0.4) is 0 Å². The van der Waals surface area contributed by atoms with Gasteiger partial charge in [0.1, 0.15) is 0 Å². The molecule has 142 valence electrons. The average Bonchev–Trinajstić information content (AvgIpc) is 2.93. The van der Waals surface area contributed by atoms with Crippen LogP contribution in [0, 0.1) is 5.92 Å². The van der Waals surface area contributed by atoms with Gasteiger partial charge in [-0.15, -0.1) is 0 Å². The third kappa shape index (κ3) is 5.23. The van der Waals surface area contributed by atoms with Crippen LogP contribution in [-0.4, -0.2) is 47.8 Å². The van der Waals surface area contributed by atoms with Crippen molar-refractivity contribution in [3.05, 3.63) is 34.9 Å². The minimum Gasteiger partial charge on any atom is -0.341 e. The third-order valence-corrected chi connectivity index (χ3v) is 5.97. The minimum atomic E-state index is 0.0261. The summed E-state index contributed by atoms with van der Waals surface area (Å²) in [6.07, 6.45) is 9.11. The topological polar surface area (TPSA) is 40.6 Å². The number of carbonyl (C=O) groups excluding carboxylic acids is 2. The standard InChI is InChI=1S/C21H29ClN2O2/c22-19-10-8-18(9-11-19)21(26)24-14-4-13-23(15-16-24)20(25)12-7-17-5-2-1-3-6-17/h8-11,17H,1-7,12-16H2. The molecule has 0 radical (unpaired) electrons. The number of carbonyl (C=O) groups is 2. The molecule has 2 fully saturated rings. The highest BCUT2D eigenvalue weighted by molar-refractivity contribution is 6.30. The van der Waals surface area contributed by atoms with Crippen LogP contribution in [0.25, 0.3) is 0 Å². The summed E-state index contributed by atoms with van der Waals surface area (Å²) in [7, 11) is 0. The largest absolute Gasteiger partial charge is 0.341 e. The quantitative estimate of drug-likeness (QED) is 0.782. The minimum absolute atomic E-state index is 0.0261. The molecular formula is C21H29ClN2O2. The molecule has 1 aliphatic carbocycles. The fourth-order valence-electron chi connectivity index (χ4n) is 4.11. The normalized spacial score (nSPS) is 19.3.